The highest BCUT2D eigenvalue weighted by Gasteiger charge is 2.12. The third-order valence-corrected chi connectivity index (χ3v) is 3.74. The number of anilines is 3. The molecule has 0 aromatic heterocycles. The van der Waals surface area contributed by atoms with Crippen LogP contribution in [0.1, 0.15) is 18.4 Å². The van der Waals surface area contributed by atoms with E-state index in [1.165, 1.54) is 24.6 Å². The Hall–Kier alpha value is -2.54. The van der Waals surface area contributed by atoms with E-state index in [-0.39, 0.29) is 5.56 Å². The minimum absolute atomic E-state index is 0.0427. The smallest absolute Gasteiger partial charge is 0.143 e. The van der Waals surface area contributed by atoms with Crippen molar-refractivity contribution >= 4 is 17.1 Å². The minimum atomic E-state index is -0.504. The van der Waals surface area contributed by atoms with Crippen LogP contribution in [0.25, 0.3) is 0 Å². The van der Waals surface area contributed by atoms with Gasteiger partial charge in [0.15, 0.2) is 0 Å². The third-order valence-electron chi connectivity index (χ3n) is 3.74. The molecule has 1 aliphatic heterocycles. The zero-order valence-electron chi connectivity index (χ0n) is 11.6. The van der Waals surface area contributed by atoms with E-state index in [0.717, 1.165) is 18.8 Å². The fraction of sp³-hybridized carbons (Fsp3) is 0.235. The Kier molecular flexibility index (Phi) is 3.74. The van der Waals surface area contributed by atoms with Crippen LogP contribution >= 0.6 is 0 Å². The first-order valence-corrected chi connectivity index (χ1v) is 7.08. The molecule has 21 heavy (non-hydrogen) atoms. The molecule has 0 unspecified atom stereocenters. The van der Waals surface area contributed by atoms with Crippen LogP contribution in [-0.4, -0.2) is 13.1 Å². The van der Waals surface area contributed by atoms with Crippen molar-refractivity contribution in [3.63, 3.8) is 0 Å². The van der Waals surface area contributed by atoms with Gasteiger partial charge in [-0.1, -0.05) is 6.07 Å². The lowest BCUT2D eigenvalue weighted by Crippen LogP contribution is -2.17. The van der Waals surface area contributed by atoms with Gasteiger partial charge in [-0.25, -0.2) is 4.39 Å². The number of nitrogens with zero attached hydrogens (tertiary/aromatic N) is 2. The van der Waals surface area contributed by atoms with Crippen molar-refractivity contribution in [2.75, 3.05) is 23.3 Å². The van der Waals surface area contributed by atoms with E-state index in [1.54, 1.807) is 12.1 Å². The third kappa shape index (κ3) is 2.82. The predicted molar refractivity (Wildman–Crippen MR) is 82.3 cm³/mol. The first-order valence-electron chi connectivity index (χ1n) is 7.08. The van der Waals surface area contributed by atoms with Gasteiger partial charge in [0.05, 0.1) is 5.69 Å². The summed E-state index contributed by atoms with van der Waals surface area (Å²) in [6.45, 7) is 2.21. The summed E-state index contributed by atoms with van der Waals surface area (Å²) in [5.74, 6) is -0.504. The molecule has 0 spiro atoms. The number of hydrogen-bond acceptors (Lipinski definition) is 3. The van der Waals surface area contributed by atoms with Crippen molar-refractivity contribution in [2.24, 2.45) is 0 Å². The molecule has 2 aromatic rings. The highest BCUT2D eigenvalue weighted by Crippen LogP contribution is 2.26. The summed E-state index contributed by atoms with van der Waals surface area (Å²) in [5, 5.41) is 12.1. The Morgan fingerprint density at radius 2 is 1.76 bits per heavy atom. The van der Waals surface area contributed by atoms with Crippen LogP contribution in [0.3, 0.4) is 0 Å². The summed E-state index contributed by atoms with van der Waals surface area (Å²) in [7, 11) is 0. The highest BCUT2D eigenvalue weighted by molar-refractivity contribution is 5.68. The monoisotopic (exact) mass is 281 g/mol. The van der Waals surface area contributed by atoms with Crippen molar-refractivity contribution in [3.05, 3.63) is 53.8 Å². The molecule has 2 aromatic carbocycles. The van der Waals surface area contributed by atoms with Gasteiger partial charge in [0.1, 0.15) is 17.4 Å². The molecule has 1 fully saturated rings. The molecule has 1 heterocycles. The second-order valence-electron chi connectivity index (χ2n) is 5.14. The van der Waals surface area contributed by atoms with Crippen LogP contribution < -0.4 is 10.2 Å². The van der Waals surface area contributed by atoms with Crippen LogP contribution in [-0.2, 0) is 0 Å². The fourth-order valence-corrected chi connectivity index (χ4v) is 2.63. The molecule has 0 atom stereocenters. The van der Waals surface area contributed by atoms with Crippen molar-refractivity contribution < 1.29 is 4.39 Å². The van der Waals surface area contributed by atoms with E-state index in [9.17, 15) is 4.39 Å². The fourth-order valence-electron chi connectivity index (χ4n) is 2.63. The summed E-state index contributed by atoms with van der Waals surface area (Å²) in [6, 6.07) is 14.5. The molecule has 0 saturated carbocycles. The molecule has 1 N–H and O–H groups in total. The summed E-state index contributed by atoms with van der Waals surface area (Å²) in [4.78, 5) is 2.35. The predicted octanol–water partition coefficient (Wildman–Crippen LogP) is 4.04. The summed E-state index contributed by atoms with van der Waals surface area (Å²) < 4.78 is 13.6. The average molecular weight is 281 g/mol. The zero-order chi connectivity index (χ0) is 14.7. The van der Waals surface area contributed by atoms with E-state index in [1.807, 2.05) is 18.2 Å². The Balaban J connectivity index is 1.79. The van der Waals surface area contributed by atoms with Crippen LogP contribution in [0, 0.1) is 17.1 Å². The van der Waals surface area contributed by atoms with Gasteiger partial charge < -0.3 is 10.2 Å². The van der Waals surface area contributed by atoms with E-state index in [2.05, 4.69) is 22.3 Å². The standard InChI is InChI=1S/C17H16FN3/c18-16-4-3-5-17(15(16)12-19)20-13-6-8-14(9-7-13)21-10-1-2-11-21/h3-9,20H,1-2,10-11H2. The summed E-state index contributed by atoms with van der Waals surface area (Å²) in [6.07, 6.45) is 2.49. The SMILES string of the molecule is N#Cc1c(F)cccc1Nc1ccc(N2CCCC2)cc1. The molecule has 0 bridgehead atoms. The van der Waals surface area contributed by atoms with Gasteiger partial charge in [0, 0.05) is 24.5 Å². The summed E-state index contributed by atoms with van der Waals surface area (Å²) in [5.41, 5.74) is 2.59. The maximum atomic E-state index is 13.6. The Bertz CT molecular complexity index is 667. The second kappa shape index (κ2) is 5.84. The number of nitriles is 1. The van der Waals surface area contributed by atoms with Gasteiger partial charge >= 0.3 is 0 Å². The highest BCUT2D eigenvalue weighted by atomic mass is 19.1. The van der Waals surface area contributed by atoms with Crippen LogP contribution in [0.4, 0.5) is 21.5 Å². The molecule has 0 amide bonds. The van der Waals surface area contributed by atoms with Crippen LogP contribution in [0.15, 0.2) is 42.5 Å². The van der Waals surface area contributed by atoms with Crippen molar-refractivity contribution in [1.29, 1.82) is 5.26 Å². The molecular weight excluding hydrogens is 265 g/mol. The van der Waals surface area contributed by atoms with Crippen molar-refractivity contribution in [2.45, 2.75) is 12.8 Å². The molecule has 0 radical (unpaired) electrons. The lowest BCUT2D eigenvalue weighted by Gasteiger charge is -2.18. The molecule has 0 aliphatic carbocycles. The van der Waals surface area contributed by atoms with Gasteiger partial charge in [0.25, 0.3) is 0 Å². The largest absolute Gasteiger partial charge is 0.372 e. The van der Waals surface area contributed by atoms with Crippen LogP contribution in [0.2, 0.25) is 0 Å². The maximum absolute atomic E-state index is 13.6. The molecule has 1 aliphatic rings. The van der Waals surface area contributed by atoms with Crippen LogP contribution in [0.5, 0.6) is 0 Å². The number of rotatable bonds is 3. The normalized spacial score (nSPS) is 14.0. The molecular formula is C17H16FN3. The Morgan fingerprint density at radius 3 is 2.43 bits per heavy atom. The van der Waals surface area contributed by atoms with Gasteiger partial charge in [-0.05, 0) is 49.2 Å². The molecule has 3 rings (SSSR count). The van der Waals surface area contributed by atoms with E-state index in [4.69, 9.17) is 5.26 Å². The van der Waals surface area contributed by atoms with Gasteiger partial charge in [-0.2, -0.15) is 5.26 Å². The second-order valence-corrected chi connectivity index (χ2v) is 5.14. The van der Waals surface area contributed by atoms with E-state index in [0.29, 0.717) is 5.69 Å². The first kappa shape index (κ1) is 13.4. The quantitative estimate of drug-likeness (QED) is 0.922. The Morgan fingerprint density at radius 1 is 1.05 bits per heavy atom. The Labute approximate surface area is 123 Å². The topological polar surface area (TPSA) is 39.1 Å². The van der Waals surface area contributed by atoms with Gasteiger partial charge in [-0.15, -0.1) is 0 Å². The summed E-state index contributed by atoms with van der Waals surface area (Å²) >= 11 is 0. The maximum Gasteiger partial charge on any atom is 0.143 e. The number of benzene rings is 2. The van der Waals surface area contributed by atoms with Crippen molar-refractivity contribution in [3.8, 4) is 6.07 Å². The van der Waals surface area contributed by atoms with E-state index < -0.39 is 5.82 Å². The van der Waals surface area contributed by atoms with E-state index >= 15 is 0 Å². The number of hydrogen-bond donors (Lipinski definition) is 1. The van der Waals surface area contributed by atoms with Gasteiger partial charge in [-0.3, -0.25) is 0 Å². The lowest BCUT2D eigenvalue weighted by molar-refractivity contribution is 0.624. The average Bonchev–Trinajstić information content (AvgIpc) is 3.03. The molecule has 1 saturated heterocycles. The first-order chi connectivity index (χ1) is 10.3. The minimum Gasteiger partial charge on any atom is -0.372 e. The molecule has 106 valence electrons. The molecule has 3 nitrogen and oxygen atoms in total. The lowest BCUT2D eigenvalue weighted by atomic mass is 10.1. The number of halogens is 1. The van der Waals surface area contributed by atoms with Crippen molar-refractivity contribution in [1.82, 2.24) is 0 Å². The number of nitrogens with one attached hydrogen (secondary N) is 1. The molecule has 4 heteroatoms. The van der Waals surface area contributed by atoms with Gasteiger partial charge in [0.2, 0.25) is 0 Å². The zero-order valence-corrected chi connectivity index (χ0v) is 11.6.